The summed E-state index contributed by atoms with van der Waals surface area (Å²) in [7, 11) is 0. The highest BCUT2D eigenvalue weighted by Gasteiger charge is 2.41. The third-order valence-electron chi connectivity index (χ3n) is 4.22. The molecule has 1 saturated heterocycles. The van der Waals surface area contributed by atoms with Crippen LogP contribution in [-0.4, -0.2) is 42.1 Å². The Kier molecular flexibility index (Phi) is 5.31. The van der Waals surface area contributed by atoms with Crippen molar-refractivity contribution in [1.29, 1.82) is 0 Å². The molecule has 1 aliphatic heterocycles. The molecule has 0 aromatic heterocycles. The van der Waals surface area contributed by atoms with E-state index in [0.717, 1.165) is 0 Å². The molecule has 1 aromatic rings. The molecular weight excluding hydrogens is 318 g/mol. The smallest absolute Gasteiger partial charge is 0.226 e. The van der Waals surface area contributed by atoms with Gasteiger partial charge >= 0.3 is 0 Å². The van der Waals surface area contributed by atoms with E-state index in [4.69, 9.17) is 0 Å². The first kappa shape index (κ1) is 18.0. The molecule has 7 heteroatoms. The van der Waals surface area contributed by atoms with Crippen LogP contribution in [0.5, 0.6) is 0 Å². The van der Waals surface area contributed by atoms with Gasteiger partial charge in [0.1, 0.15) is 11.6 Å². The van der Waals surface area contributed by atoms with E-state index >= 15 is 0 Å². The van der Waals surface area contributed by atoms with E-state index in [1.165, 1.54) is 24.0 Å². The predicted molar refractivity (Wildman–Crippen MR) is 83.3 cm³/mol. The first-order valence-corrected chi connectivity index (χ1v) is 7.71. The van der Waals surface area contributed by atoms with Gasteiger partial charge in [0.05, 0.1) is 13.1 Å². The minimum Gasteiger partial charge on any atom is -0.349 e. The lowest BCUT2D eigenvalue weighted by atomic mass is 9.88. The Bertz CT molecular complexity index is 667. The number of Topliss-reactive ketones (excluding diaryl/α,β-unsaturated/α-hetero) is 1. The maximum Gasteiger partial charge on any atom is 0.226 e. The van der Waals surface area contributed by atoms with Gasteiger partial charge in [0.2, 0.25) is 11.8 Å². The van der Waals surface area contributed by atoms with Gasteiger partial charge in [-0.1, -0.05) is 6.92 Å². The monoisotopic (exact) mass is 338 g/mol. The summed E-state index contributed by atoms with van der Waals surface area (Å²) >= 11 is 0. The van der Waals surface area contributed by atoms with Crippen molar-refractivity contribution in [2.24, 2.45) is 5.92 Å². The number of rotatable bonds is 5. The normalized spacial score (nSPS) is 20.4. The fourth-order valence-corrected chi connectivity index (χ4v) is 2.99. The van der Waals surface area contributed by atoms with Gasteiger partial charge in [0.15, 0.2) is 5.78 Å². The second-order valence-corrected chi connectivity index (χ2v) is 6.20. The number of amides is 2. The highest BCUT2D eigenvalue weighted by molar-refractivity contribution is 5.91. The molecule has 0 aliphatic carbocycles. The minimum atomic E-state index is -0.677. The van der Waals surface area contributed by atoms with Crippen LogP contribution in [0.3, 0.4) is 0 Å². The number of hydrogen-bond acceptors (Lipinski definition) is 3. The molecule has 2 amide bonds. The quantitative estimate of drug-likeness (QED) is 0.886. The van der Waals surface area contributed by atoms with Gasteiger partial charge in [-0.3, -0.25) is 14.4 Å². The average Bonchev–Trinajstić information content (AvgIpc) is 2.73. The topological polar surface area (TPSA) is 66.5 Å². The number of benzene rings is 1. The van der Waals surface area contributed by atoms with Crippen molar-refractivity contribution in [1.82, 2.24) is 10.2 Å². The molecular formula is C17H20F2N2O3. The van der Waals surface area contributed by atoms with E-state index in [1.54, 1.807) is 13.8 Å². The second-order valence-electron chi connectivity index (χ2n) is 6.20. The zero-order chi connectivity index (χ0) is 18.0. The minimum absolute atomic E-state index is 0.0721. The molecule has 0 spiro atoms. The molecule has 5 nitrogen and oxygen atoms in total. The number of carbonyl (C=O) groups is 3. The van der Waals surface area contributed by atoms with Gasteiger partial charge < -0.3 is 10.2 Å². The summed E-state index contributed by atoms with van der Waals surface area (Å²) in [6.45, 7) is 4.19. The van der Waals surface area contributed by atoms with Crippen molar-refractivity contribution in [3.05, 3.63) is 34.9 Å². The summed E-state index contributed by atoms with van der Waals surface area (Å²) in [4.78, 5) is 36.2. The fraction of sp³-hybridized carbons (Fsp3) is 0.471. The molecule has 2 atom stereocenters. The average molecular weight is 338 g/mol. The van der Waals surface area contributed by atoms with Gasteiger partial charge in [0, 0.05) is 30.9 Å². The highest BCUT2D eigenvalue weighted by Crippen LogP contribution is 2.36. The number of carbonyl (C=O) groups excluding carboxylic acids is 3. The molecule has 1 heterocycles. The summed E-state index contributed by atoms with van der Waals surface area (Å²) in [6.07, 6.45) is 0. The molecule has 0 bridgehead atoms. The van der Waals surface area contributed by atoms with Crippen LogP contribution in [0.1, 0.15) is 30.9 Å². The van der Waals surface area contributed by atoms with Gasteiger partial charge in [0.25, 0.3) is 0 Å². The lowest BCUT2D eigenvalue weighted by molar-refractivity contribution is -0.134. The van der Waals surface area contributed by atoms with E-state index in [9.17, 15) is 23.2 Å². The number of nitrogens with one attached hydrogen (secondary N) is 1. The molecule has 1 aromatic carbocycles. The van der Waals surface area contributed by atoms with Crippen LogP contribution < -0.4 is 5.32 Å². The van der Waals surface area contributed by atoms with Crippen molar-refractivity contribution in [3.8, 4) is 0 Å². The number of aryl methyl sites for hydroxylation is 1. The van der Waals surface area contributed by atoms with Crippen LogP contribution in [0.15, 0.2) is 12.1 Å². The number of halogens is 2. The first-order valence-electron chi connectivity index (χ1n) is 7.71. The Morgan fingerprint density at radius 2 is 1.88 bits per heavy atom. The number of hydrogen-bond donors (Lipinski definition) is 1. The largest absolute Gasteiger partial charge is 0.349 e. The fourth-order valence-electron chi connectivity index (χ4n) is 2.99. The van der Waals surface area contributed by atoms with Gasteiger partial charge in [-0.15, -0.1) is 0 Å². The molecule has 0 saturated carbocycles. The van der Waals surface area contributed by atoms with Crippen LogP contribution in [0, 0.1) is 24.5 Å². The highest BCUT2D eigenvalue weighted by atomic mass is 19.1. The predicted octanol–water partition coefficient (Wildman–Crippen LogP) is 1.54. The Morgan fingerprint density at radius 3 is 2.42 bits per heavy atom. The van der Waals surface area contributed by atoms with Gasteiger partial charge in [-0.25, -0.2) is 8.78 Å². The van der Waals surface area contributed by atoms with Crippen LogP contribution in [0.4, 0.5) is 8.78 Å². The SMILES string of the molecule is CC(=O)NCC(=O)CN1C[C@@H](c2c(F)cc(C)cc2F)[C@H](C)C1=O. The number of nitrogens with zero attached hydrogens (tertiary/aromatic N) is 1. The Balaban J connectivity index is 2.14. The van der Waals surface area contributed by atoms with E-state index in [0.29, 0.717) is 5.56 Å². The standard InChI is InChI=1S/C17H20F2N2O3/c1-9-4-14(18)16(15(19)5-9)13-8-21(17(24)10(13)2)7-12(23)6-20-11(3)22/h4-5,10,13H,6-8H2,1-3H3,(H,20,22)/t10-,13+/m0/s1. The molecule has 2 rings (SSSR count). The molecule has 1 aliphatic rings. The van der Waals surface area contributed by atoms with Crippen molar-refractivity contribution in [2.45, 2.75) is 26.7 Å². The van der Waals surface area contributed by atoms with E-state index in [1.807, 2.05) is 0 Å². The molecule has 0 unspecified atom stereocenters. The van der Waals surface area contributed by atoms with Crippen molar-refractivity contribution < 1.29 is 23.2 Å². The molecule has 1 fully saturated rings. The van der Waals surface area contributed by atoms with E-state index < -0.39 is 23.5 Å². The van der Waals surface area contributed by atoms with E-state index in [2.05, 4.69) is 5.32 Å². The Morgan fingerprint density at radius 1 is 1.29 bits per heavy atom. The molecule has 1 N–H and O–H groups in total. The Hall–Kier alpha value is -2.31. The molecule has 24 heavy (non-hydrogen) atoms. The third kappa shape index (κ3) is 3.77. The van der Waals surface area contributed by atoms with Gasteiger partial charge in [-0.2, -0.15) is 0 Å². The Labute approximate surface area is 139 Å². The summed E-state index contributed by atoms with van der Waals surface area (Å²) in [5.41, 5.74) is 0.353. The number of likely N-dealkylation sites (tertiary alicyclic amines) is 1. The van der Waals surface area contributed by atoms with E-state index in [-0.39, 0.29) is 42.8 Å². The summed E-state index contributed by atoms with van der Waals surface area (Å²) in [6, 6.07) is 2.47. The van der Waals surface area contributed by atoms with Gasteiger partial charge in [-0.05, 0) is 24.6 Å². The van der Waals surface area contributed by atoms with Crippen LogP contribution in [-0.2, 0) is 14.4 Å². The zero-order valence-corrected chi connectivity index (χ0v) is 13.9. The lowest BCUT2D eigenvalue weighted by Crippen LogP contribution is -2.37. The van der Waals surface area contributed by atoms with Crippen molar-refractivity contribution in [2.75, 3.05) is 19.6 Å². The van der Waals surface area contributed by atoms with Crippen LogP contribution in [0.2, 0.25) is 0 Å². The molecule has 0 radical (unpaired) electrons. The van der Waals surface area contributed by atoms with Crippen LogP contribution in [0.25, 0.3) is 0 Å². The lowest BCUT2D eigenvalue weighted by Gasteiger charge is -2.17. The number of ketones is 1. The van der Waals surface area contributed by atoms with Crippen molar-refractivity contribution in [3.63, 3.8) is 0 Å². The summed E-state index contributed by atoms with van der Waals surface area (Å²) in [5.74, 6) is -3.62. The zero-order valence-electron chi connectivity index (χ0n) is 13.9. The third-order valence-corrected chi connectivity index (χ3v) is 4.22. The summed E-state index contributed by atoms with van der Waals surface area (Å²) in [5, 5.41) is 2.37. The van der Waals surface area contributed by atoms with Crippen LogP contribution >= 0.6 is 0 Å². The second kappa shape index (κ2) is 7.07. The maximum atomic E-state index is 14.2. The first-order chi connectivity index (χ1) is 11.2. The molecule has 130 valence electrons. The van der Waals surface area contributed by atoms with Crippen molar-refractivity contribution >= 4 is 17.6 Å². The summed E-state index contributed by atoms with van der Waals surface area (Å²) < 4.78 is 28.4. The maximum absolute atomic E-state index is 14.2.